The summed E-state index contributed by atoms with van der Waals surface area (Å²) in [7, 11) is 0. The van der Waals surface area contributed by atoms with Gasteiger partial charge in [0.05, 0.1) is 5.41 Å². The molecule has 7 nitrogen and oxygen atoms in total. The molecule has 0 spiro atoms. The van der Waals surface area contributed by atoms with Gasteiger partial charge in [0, 0.05) is 13.1 Å². The van der Waals surface area contributed by atoms with Crippen LogP contribution in [-0.4, -0.2) is 25.2 Å². The summed E-state index contributed by atoms with van der Waals surface area (Å²) >= 11 is 0. The summed E-state index contributed by atoms with van der Waals surface area (Å²) < 4.78 is 0. The second kappa shape index (κ2) is 8.87. The average molecular weight is 393 g/mol. The number of fused-ring (bicyclic) bond motifs is 2. The number of nitrogens with one attached hydrogen (secondary N) is 3. The fraction of sp³-hybridized carbons (Fsp3) is 0.318. The van der Waals surface area contributed by atoms with E-state index in [1.807, 2.05) is 24.3 Å². The van der Waals surface area contributed by atoms with E-state index in [2.05, 4.69) is 22.8 Å². The molecule has 0 unspecified atom stereocenters. The van der Waals surface area contributed by atoms with Gasteiger partial charge in [-0.2, -0.15) is 0 Å². The fourth-order valence-corrected chi connectivity index (χ4v) is 4.40. The number of carbonyl (C=O) groups excluding carboxylic acids is 2. The minimum atomic E-state index is -0.789. The highest BCUT2D eigenvalue weighted by Crippen LogP contribution is 2.42. The summed E-state index contributed by atoms with van der Waals surface area (Å²) in [5, 5.41) is 13.9. The summed E-state index contributed by atoms with van der Waals surface area (Å²) in [4.78, 5) is 21.3. The first kappa shape index (κ1) is 20.5. The Labute approximate surface area is 170 Å². The molecule has 1 aliphatic rings. The molecule has 0 bridgehead atoms. The molecule has 152 valence electrons. The average Bonchev–Trinajstić information content (AvgIpc) is 2.86. The monoisotopic (exact) mass is 393 g/mol. The van der Waals surface area contributed by atoms with Gasteiger partial charge in [0.1, 0.15) is 5.84 Å². The summed E-state index contributed by atoms with van der Waals surface area (Å²) in [5.41, 5.74) is 17.7. The molecule has 3 rings (SSSR count). The van der Waals surface area contributed by atoms with Crippen molar-refractivity contribution in [3.63, 3.8) is 0 Å². The van der Waals surface area contributed by atoms with Gasteiger partial charge >= 0.3 is 0 Å². The Bertz CT molecular complexity index is 862. The Hall–Kier alpha value is -3.19. The van der Waals surface area contributed by atoms with Gasteiger partial charge in [0.15, 0.2) is 0 Å². The van der Waals surface area contributed by atoms with E-state index in [0.717, 1.165) is 46.2 Å². The maximum Gasteiger partial charge on any atom is 0.207 e. The highest BCUT2D eigenvalue weighted by molar-refractivity contribution is 5.94. The van der Waals surface area contributed by atoms with Gasteiger partial charge in [-0.1, -0.05) is 36.4 Å². The molecule has 0 saturated heterocycles. The lowest BCUT2D eigenvalue weighted by Gasteiger charge is -2.35. The maximum absolute atomic E-state index is 10.7. The van der Waals surface area contributed by atoms with E-state index in [-0.39, 0.29) is 5.84 Å². The van der Waals surface area contributed by atoms with Crippen molar-refractivity contribution in [3.8, 4) is 0 Å². The van der Waals surface area contributed by atoms with Crippen LogP contribution in [0, 0.1) is 5.41 Å². The van der Waals surface area contributed by atoms with Crippen LogP contribution in [0.4, 0.5) is 0 Å². The first-order chi connectivity index (χ1) is 14.1. The SMILES string of the molecule is N=C(N)C1(CCN)c2ccc(CNC=O)cc2CCc2cc(CNC=O)ccc21. The third-order valence-corrected chi connectivity index (χ3v) is 5.68. The fourth-order valence-electron chi connectivity index (χ4n) is 4.40. The molecule has 0 atom stereocenters. The summed E-state index contributed by atoms with van der Waals surface area (Å²) in [5.74, 6) is 0.0740. The van der Waals surface area contributed by atoms with E-state index in [9.17, 15) is 9.59 Å². The first-order valence-electron chi connectivity index (χ1n) is 9.70. The third kappa shape index (κ3) is 3.86. The van der Waals surface area contributed by atoms with Crippen LogP contribution in [0.1, 0.15) is 39.8 Å². The van der Waals surface area contributed by atoms with Crippen LogP contribution in [0.25, 0.3) is 0 Å². The smallest absolute Gasteiger partial charge is 0.207 e. The van der Waals surface area contributed by atoms with E-state index in [0.29, 0.717) is 38.9 Å². The molecule has 0 heterocycles. The Balaban J connectivity index is 2.16. The topological polar surface area (TPSA) is 134 Å². The van der Waals surface area contributed by atoms with Crippen LogP contribution in [-0.2, 0) is 40.9 Å². The van der Waals surface area contributed by atoms with Crippen LogP contribution >= 0.6 is 0 Å². The van der Waals surface area contributed by atoms with Gasteiger partial charge in [-0.3, -0.25) is 15.0 Å². The molecule has 0 radical (unpaired) electrons. The number of hydrogen-bond donors (Lipinski definition) is 5. The van der Waals surface area contributed by atoms with Gasteiger partial charge < -0.3 is 22.1 Å². The van der Waals surface area contributed by atoms with Crippen molar-refractivity contribution in [2.24, 2.45) is 11.5 Å². The van der Waals surface area contributed by atoms with Crippen LogP contribution in [0.2, 0.25) is 0 Å². The highest BCUT2D eigenvalue weighted by Gasteiger charge is 2.41. The zero-order chi connectivity index (χ0) is 20.9. The normalized spacial score (nSPS) is 14.1. The molecular weight excluding hydrogens is 366 g/mol. The minimum absolute atomic E-state index is 0.0740. The number of nitrogens with two attached hydrogens (primary N) is 2. The van der Waals surface area contributed by atoms with Gasteiger partial charge in [0.2, 0.25) is 12.8 Å². The quantitative estimate of drug-likeness (QED) is 0.245. The number of aryl methyl sites for hydroxylation is 2. The molecule has 7 N–H and O–H groups in total. The van der Waals surface area contributed by atoms with Gasteiger partial charge in [0.25, 0.3) is 0 Å². The van der Waals surface area contributed by atoms with Crippen molar-refractivity contribution in [1.82, 2.24) is 10.6 Å². The van der Waals surface area contributed by atoms with Crippen LogP contribution < -0.4 is 22.1 Å². The Morgan fingerprint density at radius 1 is 0.966 bits per heavy atom. The van der Waals surface area contributed by atoms with Crippen LogP contribution in [0.3, 0.4) is 0 Å². The molecule has 0 aliphatic heterocycles. The lowest BCUT2D eigenvalue weighted by Crippen LogP contribution is -2.44. The number of benzene rings is 2. The van der Waals surface area contributed by atoms with Crippen LogP contribution in [0.5, 0.6) is 0 Å². The van der Waals surface area contributed by atoms with Gasteiger partial charge in [-0.05, 0) is 59.2 Å². The van der Waals surface area contributed by atoms with E-state index in [1.54, 1.807) is 0 Å². The van der Waals surface area contributed by atoms with E-state index >= 15 is 0 Å². The first-order valence-corrected chi connectivity index (χ1v) is 9.70. The molecule has 2 amide bonds. The van der Waals surface area contributed by atoms with E-state index in [4.69, 9.17) is 16.9 Å². The lowest BCUT2D eigenvalue weighted by molar-refractivity contribution is -0.110. The molecule has 0 fully saturated rings. The second-order valence-electron chi connectivity index (χ2n) is 7.34. The van der Waals surface area contributed by atoms with E-state index < -0.39 is 5.41 Å². The van der Waals surface area contributed by atoms with Crippen molar-refractivity contribution in [2.45, 2.75) is 37.8 Å². The van der Waals surface area contributed by atoms with Gasteiger partial charge in [-0.25, -0.2) is 0 Å². The number of rotatable bonds is 9. The number of hydrogen-bond acceptors (Lipinski definition) is 4. The molecule has 29 heavy (non-hydrogen) atoms. The lowest BCUT2D eigenvalue weighted by atomic mass is 9.69. The third-order valence-electron chi connectivity index (χ3n) is 5.68. The molecule has 1 aliphatic carbocycles. The van der Waals surface area contributed by atoms with Crippen molar-refractivity contribution in [2.75, 3.05) is 6.54 Å². The van der Waals surface area contributed by atoms with Crippen molar-refractivity contribution < 1.29 is 9.59 Å². The molecule has 2 aromatic rings. The number of carbonyl (C=O) groups is 2. The summed E-state index contributed by atoms with van der Waals surface area (Å²) in [6.45, 7) is 1.30. The Morgan fingerprint density at radius 2 is 1.45 bits per heavy atom. The zero-order valence-corrected chi connectivity index (χ0v) is 16.3. The van der Waals surface area contributed by atoms with Crippen molar-refractivity contribution in [3.05, 3.63) is 69.8 Å². The zero-order valence-electron chi connectivity index (χ0n) is 16.3. The molecule has 2 aromatic carbocycles. The largest absolute Gasteiger partial charge is 0.387 e. The number of amidine groups is 1. The maximum atomic E-state index is 10.7. The predicted molar refractivity (Wildman–Crippen MR) is 112 cm³/mol. The molecule has 0 aromatic heterocycles. The standard InChI is InChI=1S/C22H27N5O2/c23-8-7-22(21(24)25)19-5-1-15(11-26-13-28)9-17(19)3-4-18-10-16(12-27-14-29)2-6-20(18)22/h1-2,5-6,9-10,13-14H,3-4,7-8,11-12,23H2,(H3,24,25)(H,26,28)(H,27,29). The number of amides is 2. The highest BCUT2D eigenvalue weighted by atomic mass is 16.1. The van der Waals surface area contributed by atoms with Crippen molar-refractivity contribution >= 4 is 18.7 Å². The van der Waals surface area contributed by atoms with E-state index in [1.165, 1.54) is 0 Å². The van der Waals surface area contributed by atoms with Gasteiger partial charge in [-0.15, -0.1) is 0 Å². The summed E-state index contributed by atoms with van der Waals surface area (Å²) in [6, 6.07) is 12.1. The molecular formula is C22H27N5O2. The Kier molecular flexibility index (Phi) is 6.29. The second-order valence-corrected chi connectivity index (χ2v) is 7.34. The minimum Gasteiger partial charge on any atom is -0.387 e. The van der Waals surface area contributed by atoms with Crippen molar-refractivity contribution in [1.29, 1.82) is 5.41 Å². The molecule has 0 saturated carbocycles. The predicted octanol–water partition coefficient (Wildman–Crippen LogP) is 0.848. The van der Waals surface area contributed by atoms with Crippen LogP contribution in [0.15, 0.2) is 36.4 Å². The Morgan fingerprint density at radius 3 is 1.83 bits per heavy atom. The summed E-state index contributed by atoms with van der Waals surface area (Å²) in [6.07, 6.45) is 3.48. The molecule has 7 heteroatoms.